The largest absolute Gasteiger partial charge is 0.461 e. The van der Waals surface area contributed by atoms with Crippen molar-refractivity contribution in [2.24, 2.45) is 0 Å². The predicted molar refractivity (Wildman–Crippen MR) is 73.0 cm³/mol. The number of ether oxygens (including phenoxy) is 1. The molecule has 2 N–H and O–H groups in total. The fraction of sp³-hybridized carbons (Fsp3) is 0.286. The number of nitrogens with zero attached hydrogens (tertiary/aromatic N) is 1. The molecular weight excluding hydrogens is 242 g/mol. The Morgan fingerprint density at radius 3 is 3.11 bits per heavy atom. The van der Waals surface area contributed by atoms with Gasteiger partial charge in [-0.3, -0.25) is 5.32 Å². The maximum Gasteiger partial charge on any atom is 0.356 e. The highest BCUT2D eigenvalue weighted by molar-refractivity contribution is 5.97. The molecule has 0 bridgehead atoms. The summed E-state index contributed by atoms with van der Waals surface area (Å²) < 4.78 is 4.96. The minimum atomic E-state index is -0.378. The van der Waals surface area contributed by atoms with E-state index >= 15 is 0 Å². The van der Waals surface area contributed by atoms with Crippen LogP contribution >= 0.6 is 0 Å². The molecule has 2 heterocycles. The molecule has 1 aliphatic heterocycles. The lowest BCUT2D eigenvalue weighted by Crippen LogP contribution is -2.27. The summed E-state index contributed by atoms with van der Waals surface area (Å²) in [6.07, 6.45) is 0. The van der Waals surface area contributed by atoms with Crippen LogP contribution in [0.4, 0.5) is 5.69 Å². The van der Waals surface area contributed by atoms with Crippen molar-refractivity contribution >= 4 is 22.6 Å². The van der Waals surface area contributed by atoms with Gasteiger partial charge in [0.2, 0.25) is 0 Å². The molecule has 0 unspecified atom stereocenters. The minimum absolute atomic E-state index is 0.350. The molecule has 5 heteroatoms. The van der Waals surface area contributed by atoms with Gasteiger partial charge < -0.3 is 10.1 Å². The highest BCUT2D eigenvalue weighted by Gasteiger charge is 2.14. The van der Waals surface area contributed by atoms with Crippen LogP contribution in [0, 0.1) is 0 Å². The maximum atomic E-state index is 11.7. The van der Waals surface area contributed by atoms with E-state index < -0.39 is 0 Å². The second-order valence-electron chi connectivity index (χ2n) is 4.36. The highest BCUT2D eigenvalue weighted by atomic mass is 16.5. The van der Waals surface area contributed by atoms with Gasteiger partial charge in [-0.2, -0.15) is 0 Å². The van der Waals surface area contributed by atoms with Gasteiger partial charge in [0, 0.05) is 17.6 Å². The molecule has 0 aliphatic carbocycles. The Labute approximate surface area is 111 Å². The van der Waals surface area contributed by atoms with Crippen LogP contribution in [-0.2, 0) is 11.3 Å². The van der Waals surface area contributed by atoms with E-state index in [1.807, 2.05) is 18.2 Å². The first-order chi connectivity index (χ1) is 9.29. The van der Waals surface area contributed by atoms with Crippen molar-refractivity contribution in [3.05, 3.63) is 35.5 Å². The number of anilines is 1. The lowest BCUT2D eigenvalue weighted by atomic mass is 10.1. The van der Waals surface area contributed by atoms with Crippen LogP contribution < -0.4 is 10.6 Å². The first kappa shape index (κ1) is 11.9. The Morgan fingerprint density at radius 2 is 2.26 bits per heavy atom. The average Bonchev–Trinajstić information content (AvgIpc) is 2.46. The Kier molecular flexibility index (Phi) is 3.05. The summed E-state index contributed by atoms with van der Waals surface area (Å²) in [5.74, 6) is -0.378. The van der Waals surface area contributed by atoms with E-state index in [2.05, 4.69) is 15.6 Å². The number of carbonyl (C=O) groups is 1. The van der Waals surface area contributed by atoms with E-state index in [9.17, 15) is 4.79 Å². The lowest BCUT2D eigenvalue weighted by molar-refractivity contribution is 0.0520. The van der Waals surface area contributed by atoms with Gasteiger partial charge in [-0.15, -0.1) is 0 Å². The molecule has 0 radical (unpaired) electrons. The first-order valence-electron chi connectivity index (χ1n) is 6.34. The van der Waals surface area contributed by atoms with Crippen LogP contribution in [0.25, 0.3) is 10.9 Å². The van der Waals surface area contributed by atoms with Gasteiger partial charge in [-0.05, 0) is 30.7 Å². The predicted octanol–water partition coefficient (Wildman–Crippen LogP) is 1.88. The molecule has 0 amide bonds. The second kappa shape index (κ2) is 4.85. The summed E-state index contributed by atoms with van der Waals surface area (Å²) in [5, 5.41) is 7.59. The van der Waals surface area contributed by atoms with Crippen molar-refractivity contribution in [3.63, 3.8) is 0 Å². The lowest BCUT2D eigenvalue weighted by Gasteiger charge is -2.20. The summed E-state index contributed by atoms with van der Waals surface area (Å²) >= 11 is 0. The summed E-state index contributed by atoms with van der Waals surface area (Å²) in [6.45, 7) is 3.73. The number of hydrogen-bond acceptors (Lipinski definition) is 5. The van der Waals surface area contributed by atoms with Crippen LogP contribution in [0.2, 0.25) is 0 Å². The van der Waals surface area contributed by atoms with Crippen molar-refractivity contribution in [2.45, 2.75) is 13.5 Å². The number of fused-ring (bicyclic) bond motifs is 3. The van der Waals surface area contributed by atoms with Crippen molar-refractivity contribution in [3.8, 4) is 0 Å². The van der Waals surface area contributed by atoms with Crippen molar-refractivity contribution in [1.29, 1.82) is 0 Å². The maximum absolute atomic E-state index is 11.7. The van der Waals surface area contributed by atoms with E-state index in [1.54, 1.807) is 13.0 Å². The third kappa shape index (κ3) is 2.13. The van der Waals surface area contributed by atoms with E-state index in [0.29, 0.717) is 12.3 Å². The molecule has 0 saturated carbocycles. The zero-order valence-electron chi connectivity index (χ0n) is 10.7. The molecule has 0 saturated heterocycles. The van der Waals surface area contributed by atoms with Crippen molar-refractivity contribution in [1.82, 2.24) is 10.3 Å². The Bertz CT molecular complexity index is 640. The zero-order chi connectivity index (χ0) is 13.2. The van der Waals surface area contributed by atoms with E-state index in [-0.39, 0.29) is 5.97 Å². The van der Waals surface area contributed by atoms with E-state index in [1.165, 1.54) is 5.56 Å². The molecule has 0 spiro atoms. The number of esters is 1. The average molecular weight is 257 g/mol. The topological polar surface area (TPSA) is 63.2 Å². The van der Waals surface area contributed by atoms with Crippen LogP contribution in [0.5, 0.6) is 0 Å². The smallest absolute Gasteiger partial charge is 0.356 e. The molecule has 5 nitrogen and oxygen atoms in total. The van der Waals surface area contributed by atoms with Gasteiger partial charge >= 0.3 is 5.97 Å². The molecule has 0 fully saturated rings. The fourth-order valence-corrected chi connectivity index (χ4v) is 2.27. The van der Waals surface area contributed by atoms with Crippen LogP contribution in [-0.4, -0.2) is 24.2 Å². The quantitative estimate of drug-likeness (QED) is 0.804. The van der Waals surface area contributed by atoms with Gasteiger partial charge in [0.1, 0.15) is 5.69 Å². The number of benzene rings is 1. The number of nitrogens with one attached hydrogen (secondary N) is 2. The molecule has 1 aromatic carbocycles. The molecule has 98 valence electrons. The van der Waals surface area contributed by atoms with Crippen molar-refractivity contribution in [2.75, 3.05) is 18.6 Å². The van der Waals surface area contributed by atoms with Gasteiger partial charge in [0.15, 0.2) is 0 Å². The zero-order valence-corrected chi connectivity index (χ0v) is 10.7. The molecule has 2 aromatic rings. The number of carbonyl (C=O) groups excluding carboxylic acids is 1. The molecule has 0 atom stereocenters. The Balaban J connectivity index is 2.07. The Morgan fingerprint density at radius 1 is 1.37 bits per heavy atom. The number of rotatable bonds is 2. The monoisotopic (exact) mass is 257 g/mol. The summed E-state index contributed by atoms with van der Waals surface area (Å²) in [6, 6.07) is 7.60. The van der Waals surface area contributed by atoms with E-state index in [4.69, 9.17) is 4.74 Å². The van der Waals surface area contributed by atoms with Crippen LogP contribution in [0.15, 0.2) is 24.3 Å². The molecule has 1 aromatic heterocycles. The minimum Gasteiger partial charge on any atom is -0.461 e. The number of hydrogen-bond donors (Lipinski definition) is 2. The first-order valence-corrected chi connectivity index (χ1v) is 6.34. The van der Waals surface area contributed by atoms with Gasteiger partial charge in [-0.1, -0.05) is 6.07 Å². The second-order valence-corrected chi connectivity index (χ2v) is 4.36. The van der Waals surface area contributed by atoms with Gasteiger partial charge in [0.25, 0.3) is 0 Å². The highest BCUT2D eigenvalue weighted by Crippen LogP contribution is 2.28. The normalized spacial score (nSPS) is 13.7. The molecule has 1 aliphatic rings. The van der Waals surface area contributed by atoms with Crippen LogP contribution in [0.3, 0.4) is 0 Å². The van der Waals surface area contributed by atoms with Crippen molar-refractivity contribution < 1.29 is 9.53 Å². The fourth-order valence-electron chi connectivity index (χ4n) is 2.27. The Hall–Kier alpha value is -2.14. The number of aromatic nitrogens is 1. The SMILES string of the molecule is CCOC(=O)c1ccc2c3c(ccc2n1)CNCN3. The summed E-state index contributed by atoms with van der Waals surface area (Å²) in [5.41, 5.74) is 3.46. The molecule has 3 rings (SSSR count). The molecular formula is C14H15N3O2. The number of pyridine rings is 1. The third-order valence-corrected chi connectivity index (χ3v) is 3.15. The van der Waals surface area contributed by atoms with E-state index in [0.717, 1.165) is 29.8 Å². The summed E-state index contributed by atoms with van der Waals surface area (Å²) in [7, 11) is 0. The van der Waals surface area contributed by atoms with Gasteiger partial charge in [-0.25, -0.2) is 9.78 Å². The van der Waals surface area contributed by atoms with Crippen LogP contribution in [0.1, 0.15) is 23.0 Å². The van der Waals surface area contributed by atoms with Gasteiger partial charge in [0.05, 0.1) is 18.8 Å². The third-order valence-electron chi connectivity index (χ3n) is 3.15. The molecule has 19 heavy (non-hydrogen) atoms. The summed E-state index contributed by atoms with van der Waals surface area (Å²) in [4.78, 5) is 16.0. The standard InChI is InChI=1S/C14H15N3O2/c1-2-19-14(18)12-6-4-10-11(17-12)5-3-9-7-15-8-16-13(9)10/h3-6,15-16H,2,7-8H2,1H3.